The van der Waals surface area contributed by atoms with Gasteiger partial charge in [-0.25, -0.2) is 9.78 Å². The minimum atomic E-state index is -4.73. The number of carbonyl (C=O) groups excluding carboxylic acids is 1. The molecule has 0 aliphatic rings. The molecule has 0 fully saturated rings. The van der Waals surface area contributed by atoms with Crippen LogP contribution < -0.4 is 5.32 Å². The summed E-state index contributed by atoms with van der Waals surface area (Å²) in [6.45, 7) is 4.99. The summed E-state index contributed by atoms with van der Waals surface area (Å²) in [4.78, 5) is 14.6. The van der Waals surface area contributed by atoms with Gasteiger partial charge < -0.3 is 20.3 Å². The van der Waals surface area contributed by atoms with Gasteiger partial charge in [-0.1, -0.05) is 11.6 Å². The van der Waals surface area contributed by atoms with E-state index in [9.17, 15) is 28.2 Å². The van der Waals surface area contributed by atoms with Crippen molar-refractivity contribution in [2.75, 3.05) is 6.54 Å². The fourth-order valence-electron chi connectivity index (χ4n) is 1.85. The van der Waals surface area contributed by atoms with E-state index in [1.807, 2.05) is 0 Å². The Morgan fingerprint density at radius 2 is 1.92 bits per heavy atom. The summed E-state index contributed by atoms with van der Waals surface area (Å²) in [5.74, 6) is 0. The van der Waals surface area contributed by atoms with Gasteiger partial charge in [0.25, 0.3) is 0 Å². The van der Waals surface area contributed by atoms with Gasteiger partial charge in [-0.3, -0.25) is 0 Å². The summed E-state index contributed by atoms with van der Waals surface area (Å²) in [6.07, 6.45) is -8.60. The second-order valence-electron chi connectivity index (χ2n) is 6.34. The van der Waals surface area contributed by atoms with Gasteiger partial charge in [-0.05, 0) is 44.9 Å². The number of hydrogen-bond donors (Lipinski definition) is 3. The van der Waals surface area contributed by atoms with Crippen LogP contribution in [0.5, 0.6) is 0 Å². The average Bonchev–Trinajstić information content (AvgIpc) is 2.42. The Kier molecular flexibility index (Phi) is 7.04. The number of hydrogen-bond acceptors (Lipinski definition) is 5. The highest BCUT2D eigenvalue weighted by atomic mass is 35.5. The Bertz CT molecular complexity index is 605. The molecule has 1 aromatic rings. The number of aliphatic hydroxyl groups excluding tert-OH is 2. The highest BCUT2D eigenvalue weighted by molar-refractivity contribution is 6.29. The first kappa shape index (κ1) is 21.5. The summed E-state index contributed by atoms with van der Waals surface area (Å²) in [5, 5.41) is 21.8. The Labute approximate surface area is 148 Å². The number of aliphatic hydroxyl groups is 2. The zero-order chi connectivity index (χ0) is 19.4. The molecule has 0 spiro atoms. The van der Waals surface area contributed by atoms with Crippen molar-refractivity contribution in [3.05, 3.63) is 28.5 Å². The van der Waals surface area contributed by atoms with E-state index in [2.05, 4.69) is 10.3 Å². The van der Waals surface area contributed by atoms with Crippen LogP contribution in [0.25, 0.3) is 0 Å². The molecule has 0 radical (unpaired) electrons. The molecular formula is C15H20ClF3N2O4. The number of ether oxygens (including phenoxy) is 1. The van der Waals surface area contributed by atoms with Gasteiger partial charge in [0.15, 0.2) is 0 Å². The number of aromatic nitrogens is 1. The quantitative estimate of drug-likeness (QED) is 0.679. The third-order valence-electron chi connectivity index (χ3n) is 2.92. The number of nitrogens with zero attached hydrogens (tertiary/aromatic N) is 1. The molecule has 0 aromatic carbocycles. The number of halogens is 4. The van der Waals surface area contributed by atoms with Crippen LogP contribution >= 0.6 is 11.6 Å². The molecule has 0 saturated heterocycles. The smallest absolute Gasteiger partial charge is 0.433 e. The van der Waals surface area contributed by atoms with E-state index in [-0.39, 0.29) is 18.5 Å². The van der Waals surface area contributed by atoms with Crippen LogP contribution in [0.3, 0.4) is 0 Å². The van der Waals surface area contributed by atoms with Crippen LogP contribution in [-0.4, -0.2) is 39.5 Å². The van der Waals surface area contributed by atoms with E-state index in [1.165, 1.54) is 0 Å². The normalized spacial score (nSPS) is 14.8. The van der Waals surface area contributed by atoms with E-state index in [1.54, 1.807) is 20.8 Å². The van der Waals surface area contributed by atoms with E-state index >= 15 is 0 Å². The molecule has 2 unspecified atom stereocenters. The molecule has 0 saturated carbocycles. The van der Waals surface area contributed by atoms with Crippen LogP contribution in [0.2, 0.25) is 5.15 Å². The van der Waals surface area contributed by atoms with Crippen LogP contribution in [0, 0.1) is 0 Å². The summed E-state index contributed by atoms with van der Waals surface area (Å²) in [5.41, 5.74) is -2.19. The summed E-state index contributed by atoms with van der Waals surface area (Å²) in [6, 6.07) is 1.65. The maximum absolute atomic E-state index is 12.7. The van der Waals surface area contributed by atoms with Crippen molar-refractivity contribution in [2.45, 2.75) is 51.2 Å². The molecule has 25 heavy (non-hydrogen) atoms. The molecule has 1 heterocycles. The lowest BCUT2D eigenvalue weighted by Gasteiger charge is -2.21. The largest absolute Gasteiger partial charge is 0.444 e. The highest BCUT2D eigenvalue weighted by Crippen LogP contribution is 2.31. The summed E-state index contributed by atoms with van der Waals surface area (Å²) in [7, 11) is 0. The van der Waals surface area contributed by atoms with Gasteiger partial charge in [-0.15, -0.1) is 0 Å². The number of nitrogens with one attached hydrogen (secondary N) is 1. The molecule has 1 aromatic heterocycles. The van der Waals surface area contributed by atoms with Gasteiger partial charge in [-0.2, -0.15) is 13.2 Å². The van der Waals surface area contributed by atoms with Gasteiger partial charge >= 0.3 is 12.3 Å². The molecule has 0 aliphatic carbocycles. The number of rotatable bonds is 5. The number of carbonyl (C=O) groups is 1. The zero-order valence-corrected chi connectivity index (χ0v) is 14.6. The molecule has 1 amide bonds. The van der Waals surface area contributed by atoms with Crippen LogP contribution in [0.4, 0.5) is 18.0 Å². The molecule has 0 bridgehead atoms. The van der Waals surface area contributed by atoms with Crippen molar-refractivity contribution >= 4 is 17.7 Å². The van der Waals surface area contributed by atoms with Crippen molar-refractivity contribution in [3.63, 3.8) is 0 Å². The van der Waals surface area contributed by atoms with Crippen molar-refractivity contribution < 1.29 is 32.9 Å². The summed E-state index contributed by atoms with van der Waals surface area (Å²) >= 11 is 5.53. The Balaban J connectivity index is 2.66. The second-order valence-corrected chi connectivity index (χ2v) is 6.72. The molecule has 0 aliphatic heterocycles. The predicted molar refractivity (Wildman–Crippen MR) is 84.1 cm³/mol. The maximum atomic E-state index is 12.7. The lowest BCUT2D eigenvalue weighted by Crippen LogP contribution is -2.34. The third kappa shape index (κ3) is 7.45. The fourth-order valence-corrected chi connectivity index (χ4v) is 2.07. The van der Waals surface area contributed by atoms with Crippen molar-refractivity contribution in [3.8, 4) is 0 Å². The summed E-state index contributed by atoms with van der Waals surface area (Å²) < 4.78 is 43.1. The van der Waals surface area contributed by atoms with E-state index in [0.717, 1.165) is 6.07 Å². The maximum Gasteiger partial charge on any atom is 0.433 e. The Morgan fingerprint density at radius 3 is 2.44 bits per heavy atom. The lowest BCUT2D eigenvalue weighted by molar-refractivity contribution is -0.141. The average molecular weight is 385 g/mol. The van der Waals surface area contributed by atoms with Crippen LogP contribution in [0.1, 0.15) is 44.6 Å². The monoisotopic (exact) mass is 384 g/mol. The van der Waals surface area contributed by atoms with Crippen molar-refractivity contribution in [1.29, 1.82) is 0 Å². The fraction of sp³-hybridized carbons (Fsp3) is 0.600. The van der Waals surface area contributed by atoms with Gasteiger partial charge in [0.05, 0.1) is 6.10 Å². The number of alkyl carbamates (subject to hydrolysis) is 1. The molecule has 10 heteroatoms. The van der Waals surface area contributed by atoms with Gasteiger partial charge in [0, 0.05) is 6.54 Å². The molecular weight excluding hydrogens is 365 g/mol. The predicted octanol–water partition coefficient (Wildman–Crippen LogP) is 3.06. The molecule has 2 atom stereocenters. The zero-order valence-electron chi connectivity index (χ0n) is 13.9. The van der Waals surface area contributed by atoms with E-state index < -0.39 is 40.9 Å². The first-order valence-corrected chi connectivity index (χ1v) is 7.75. The number of amides is 1. The van der Waals surface area contributed by atoms with E-state index in [0.29, 0.717) is 6.07 Å². The lowest BCUT2D eigenvalue weighted by atomic mass is 10.0. The van der Waals surface area contributed by atoms with Crippen molar-refractivity contribution in [2.24, 2.45) is 0 Å². The molecule has 6 nitrogen and oxygen atoms in total. The first-order valence-electron chi connectivity index (χ1n) is 7.37. The van der Waals surface area contributed by atoms with E-state index in [4.69, 9.17) is 16.3 Å². The molecule has 142 valence electrons. The third-order valence-corrected chi connectivity index (χ3v) is 3.11. The number of pyridine rings is 1. The second kappa shape index (κ2) is 8.20. The Morgan fingerprint density at radius 1 is 1.32 bits per heavy atom. The minimum Gasteiger partial charge on any atom is -0.444 e. The molecule has 1 rings (SSSR count). The van der Waals surface area contributed by atoms with Crippen LogP contribution in [-0.2, 0) is 10.9 Å². The number of alkyl halides is 3. The first-order chi connectivity index (χ1) is 11.3. The SMILES string of the molecule is CC(C)(C)OC(=O)NCCC(O)C(O)c1cc(Cl)nc(C(F)(F)F)c1. The van der Waals surface area contributed by atoms with Crippen molar-refractivity contribution in [1.82, 2.24) is 10.3 Å². The van der Waals surface area contributed by atoms with Crippen LogP contribution in [0.15, 0.2) is 12.1 Å². The molecule has 3 N–H and O–H groups in total. The van der Waals surface area contributed by atoms with Gasteiger partial charge in [0.1, 0.15) is 22.6 Å². The standard InChI is InChI=1S/C15H20ClF3N2O4/c1-14(2,3)25-13(24)20-5-4-9(22)12(23)8-6-10(15(17,18)19)21-11(16)7-8/h6-7,9,12,22-23H,4-5H2,1-3H3,(H,20,24). The van der Waals surface area contributed by atoms with Gasteiger partial charge in [0.2, 0.25) is 0 Å². The minimum absolute atomic E-state index is 0.0436. The topological polar surface area (TPSA) is 91.7 Å². The highest BCUT2D eigenvalue weighted by Gasteiger charge is 2.34. The Hall–Kier alpha value is -1.58.